The molecule has 3 aromatic rings. The SMILES string of the molecule is C#[N+]C1(c2ccc3cnn(-c4cc(N5CC6(CN(C)CCO6)C5)ncn4)c3c2)CCC1. The van der Waals surface area contributed by atoms with Gasteiger partial charge in [-0.15, -0.1) is 0 Å². The van der Waals surface area contributed by atoms with Gasteiger partial charge in [0, 0.05) is 42.9 Å². The Morgan fingerprint density at radius 3 is 2.68 bits per heavy atom. The smallest absolute Gasteiger partial charge is 0.305 e. The first-order valence-electron chi connectivity index (χ1n) is 10.9. The van der Waals surface area contributed by atoms with Gasteiger partial charge in [0.1, 0.15) is 17.7 Å². The molecule has 4 heterocycles. The molecule has 3 fully saturated rings. The minimum atomic E-state index is -0.251. The van der Waals surface area contributed by atoms with E-state index in [-0.39, 0.29) is 11.1 Å². The van der Waals surface area contributed by atoms with Crippen LogP contribution in [0.25, 0.3) is 21.6 Å². The van der Waals surface area contributed by atoms with Crippen LogP contribution in [-0.4, -0.2) is 70.1 Å². The van der Waals surface area contributed by atoms with Crippen molar-refractivity contribution in [2.45, 2.75) is 30.4 Å². The van der Waals surface area contributed by atoms with Crippen LogP contribution in [0.5, 0.6) is 0 Å². The topological polar surface area (TPSA) is 63.7 Å². The third kappa shape index (κ3) is 2.92. The Bertz CT molecular complexity index is 1190. The van der Waals surface area contributed by atoms with Crippen molar-refractivity contribution in [3.05, 3.63) is 47.2 Å². The largest absolute Gasteiger partial charge is 0.369 e. The van der Waals surface area contributed by atoms with Crippen LogP contribution in [0.1, 0.15) is 24.8 Å². The number of hydrogen-bond acceptors (Lipinski definition) is 6. The van der Waals surface area contributed by atoms with Crippen LogP contribution in [0.3, 0.4) is 0 Å². The summed E-state index contributed by atoms with van der Waals surface area (Å²) in [4.78, 5) is 17.8. The number of ether oxygens (including phenoxy) is 1. The van der Waals surface area contributed by atoms with Gasteiger partial charge >= 0.3 is 5.54 Å². The molecule has 1 aliphatic carbocycles. The van der Waals surface area contributed by atoms with E-state index in [1.807, 2.05) is 16.9 Å². The number of fused-ring (bicyclic) bond motifs is 1. The molecule has 0 radical (unpaired) electrons. The minimum Gasteiger partial charge on any atom is -0.369 e. The summed E-state index contributed by atoms with van der Waals surface area (Å²) < 4.78 is 7.97. The Morgan fingerprint density at radius 2 is 1.94 bits per heavy atom. The van der Waals surface area contributed by atoms with Gasteiger partial charge in [-0.2, -0.15) is 5.10 Å². The lowest BCUT2D eigenvalue weighted by Crippen LogP contribution is -2.70. The second-order valence-corrected chi connectivity index (χ2v) is 9.20. The van der Waals surface area contributed by atoms with Crippen LogP contribution in [0.4, 0.5) is 5.82 Å². The van der Waals surface area contributed by atoms with Crippen LogP contribution in [0.2, 0.25) is 0 Å². The number of nitrogens with zero attached hydrogens (tertiary/aromatic N) is 7. The summed E-state index contributed by atoms with van der Waals surface area (Å²) in [7, 11) is 2.15. The highest BCUT2D eigenvalue weighted by Crippen LogP contribution is 2.45. The second-order valence-electron chi connectivity index (χ2n) is 9.20. The lowest BCUT2D eigenvalue weighted by Gasteiger charge is -2.53. The van der Waals surface area contributed by atoms with E-state index < -0.39 is 0 Å². The fraction of sp³-hybridized carbons (Fsp3) is 0.478. The van der Waals surface area contributed by atoms with Crippen molar-refractivity contribution in [2.75, 3.05) is 44.7 Å². The first-order valence-corrected chi connectivity index (χ1v) is 10.9. The third-order valence-corrected chi connectivity index (χ3v) is 7.11. The van der Waals surface area contributed by atoms with Gasteiger partial charge < -0.3 is 14.5 Å². The summed E-state index contributed by atoms with van der Waals surface area (Å²) in [6.45, 7) is 10.2. The zero-order chi connectivity index (χ0) is 21.1. The lowest BCUT2D eigenvalue weighted by atomic mass is 9.72. The van der Waals surface area contributed by atoms with Gasteiger partial charge in [0.15, 0.2) is 5.82 Å². The molecule has 8 nitrogen and oxygen atoms in total. The standard InChI is InChI=1S/C23H26N7O/c1-24-23(6-3-7-23)18-5-4-17-12-27-30(19(17)10-18)21-11-20(25-16-26-21)29-14-22(15-29)13-28(2)8-9-31-22/h1,4-5,10-12,16H,3,6-9,13-15H2,2H3/q+1. The molecule has 2 saturated heterocycles. The van der Waals surface area contributed by atoms with E-state index in [2.05, 4.69) is 55.0 Å². The maximum atomic E-state index is 6.09. The molecular weight excluding hydrogens is 390 g/mol. The van der Waals surface area contributed by atoms with E-state index in [9.17, 15) is 0 Å². The molecule has 2 aliphatic heterocycles. The van der Waals surface area contributed by atoms with Crippen molar-refractivity contribution in [2.24, 2.45) is 0 Å². The van der Waals surface area contributed by atoms with Gasteiger partial charge in [-0.1, -0.05) is 17.0 Å². The molecule has 1 spiro atoms. The van der Waals surface area contributed by atoms with Gasteiger partial charge in [0.25, 0.3) is 6.57 Å². The summed E-state index contributed by atoms with van der Waals surface area (Å²) in [5, 5.41) is 5.68. The Balaban J connectivity index is 1.30. The molecule has 0 unspecified atom stereocenters. The summed E-state index contributed by atoms with van der Waals surface area (Å²) in [6.07, 6.45) is 6.63. The van der Waals surface area contributed by atoms with Crippen molar-refractivity contribution in [1.29, 1.82) is 0 Å². The molecule has 1 aromatic carbocycles. The molecule has 158 valence electrons. The van der Waals surface area contributed by atoms with E-state index in [0.717, 1.165) is 80.2 Å². The lowest BCUT2D eigenvalue weighted by molar-refractivity contribution is -0.117. The predicted octanol–water partition coefficient (Wildman–Crippen LogP) is 2.68. The Hall–Kier alpha value is -3.02. The van der Waals surface area contributed by atoms with Gasteiger partial charge in [-0.05, 0) is 19.5 Å². The molecule has 0 N–H and O–H groups in total. The summed E-state index contributed by atoms with van der Waals surface area (Å²) in [6, 6.07) is 8.38. The van der Waals surface area contributed by atoms with Gasteiger partial charge in [-0.25, -0.2) is 14.6 Å². The highest BCUT2D eigenvalue weighted by molar-refractivity contribution is 5.81. The number of aromatic nitrogens is 4. The van der Waals surface area contributed by atoms with Crippen molar-refractivity contribution in [1.82, 2.24) is 24.6 Å². The van der Waals surface area contributed by atoms with Crippen LogP contribution >= 0.6 is 0 Å². The van der Waals surface area contributed by atoms with Crippen molar-refractivity contribution in [3.63, 3.8) is 0 Å². The minimum absolute atomic E-state index is 0.0752. The van der Waals surface area contributed by atoms with Crippen molar-refractivity contribution >= 4 is 16.7 Å². The fourth-order valence-corrected chi connectivity index (χ4v) is 5.16. The maximum absolute atomic E-state index is 6.09. The van der Waals surface area contributed by atoms with Crippen molar-refractivity contribution in [3.8, 4) is 12.4 Å². The third-order valence-electron chi connectivity index (χ3n) is 7.11. The Labute approximate surface area is 181 Å². The summed E-state index contributed by atoms with van der Waals surface area (Å²) in [5.41, 5.74) is 1.83. The molecule has 2 aromatic heterocycles. The van der Waals surface area contributed by atoms with Crippen LogP contribution in [0, 0.1) is 6.57 Å². The zero-order valence-corrected chi connectivity index (χ0v) is 17.7. The van der Waals surface area contributed by atoms with Gasteiger partial charge in [-0.3, -0.25) is 0 Å². The highest BCUT2D eigenvalue weighted by Gasteiger charge is 2.49. The average molecular weight is 417 g/mol. The average Bonchev–Trinajstić information content (AvgIpc) is 3.15. The van der Waals surface area contributed by atoms with Crippen LogP contribution < -0.4 is 4.90 Å². The summed E-state index contributed by atoms with van der Waals surface area (Å²) >= 11 is 0. The van der Waals surface area contributed by atoms with E-state index in [4.69, 9.17) is 11.3 Å². The Kier molecular flexibility index (Phi) is 4.07. The molecule has 8 heteroatoms. The van der Waals surface area contributed by atoms with Gasteiger partial charge in [0.05, 0.1) is 31.4 Å². The molecule has 3 aliphatic rings. The van der Waals surface area contributed by atoms with Crippen LogP contribution in [0.15, 0.2) is 36.8 Å². The first-order chi connectivity index (χ1) is 15.1. The van der Waals surface area contributed by atoms with E-state index >= 15 is 0 Å². The highest BCUT2D eigenvalue weighted by atomic mass is 16.5. The second kappa shape index (κ2) is 6.74. The Morgan fingerprint density at radius 1 is 1.10 bits per heavy atom. The molecule has 6 rings (SSSR count). The number of morpholine rings is 1. The molecule has 0 bridgehead atoms. The molecular formula is C23H26N7O+. The first kappa shape index (κ1) is 18.7. The normalized spacial score (nSPS) is 22.1. The predicted molar refractivity (Wildman–Crippen MR) is 119 cm³/mol. The van der Waals surface area contributed by atoms with E-state index in [1.165, 1.54) is 0 Å². The number of likely N-dealkylation sites (N-methyl/N-ethyl adjacent to an activating group) is 1. The number of anilines is 1. The number of rotatable bonds is 3. The quantitative estimate of drug-likeness (QED) is 0.654. The fourth-order valence-electron chi connectivity index (χ4n) is 5.16. The molecule has 1 saturated carbocycles. The van der Waals surface area contributed by atoms with Crippen molar-refractivity contribution < 1.29 is 4.74 Å². The van der Waals surface area contributed by atoms with Crippen LogP contribution in [-0.2, 0) is 10.3 Å². The number of hydrogen-bond donors (Lipinski definition) is 0. The molecule has 0 amide bonds. The molecule has 31 heavy (non-hydrogen) atoms. The van der Waals surface area contributed by atoms with Gasteiger partial charge in [0.2, 0.25) is 0 Å². The monoisotopic (exact) mass is 416 g/mol. The van der Waals surface area contributed by atoms with E-state index in [1.54, 1.807) is 6.33 Å². The number of benzene rings is 1. The maximum Gasteiger partial charge on any atom is 0.305 e. The molecule has 0 atom stereocenters. The zero-order valence-electron chi connectivity index (χ0n) is 17.7. The van der Waals surface area contributed by atoms with E-state index in [0.29, 0.717) is 0 Å². The summed E-state index contributed by atoms with van der Waals surface area (Å²) in [5.74, 6) is 1.66.